The molecular weight excluding hydrogens is 353 g/mol. The van der Waals surface area contributed by atoms with E-state index in [4.69, 9.17) is 0 Å². The second-order valence-corrected chi connectivity index (χ2v) is 6.57. The summed E-state index contributed by atoms with van der Waals surface area (Å²) < 4.78 is 0.767. The van der Waals surface area contributed by atoms with Gasteiger partial charge in [-0.3, -0.25) is 4.79 Å². The summed E-state index contributed by atoms with van der Waals surface area (Å²) >= 11 is 2.05. The molecular formula is C15H20INO2. The van der Waals surface area contributed by atoms with Gasteiger partial charge < -0.3 is 10.0 Å². The molecule has 2 atom stereocenters. The monoisotopic (exact) mass is 373 g/mol. The number of amides is 1. The summed E-state index contributed by atoms with van der Waals surface area (Å²) in [5, 5.41) is 9.71. The summed E-state index contributed by atoms with van der Waals surface area (Å²) in [6.07, 6.45) is 4.74. The van der Waals surface area contributed by atoms with E-state index in [0.717, 1.165) is 9.99 Å². The van der Waals surface area contributed by atoms with E-state index in [1.165, 1.54) is 19.3 Å². The highest BCUT2D eigenvalue weighted by Crippen LogP contribution is 2.29. The number of carbonyl (C=O) groups is 1. The topological polar surface area (TPSA) is 40.5 Å². The number of halogens is 1. The van der Waals surface area contributed by atoms with Crippen molar-refractivity contribution in [2.45, 2.75) is 38.6 Å². The molecule has 1 fully saturated rings. The van der Waals surface area contributed by atoms with Gasteiger partial charge in [-0.2, -0.15) is 0 Å². The lowest BCUT2D eigenvalue weighted by Crippen LogP contribution is -2.42. The van der Waals surface area contributed by atoms with Crippen LogP contribution in [-0.2, 0) is 0 Å². The Hall–Kier alpha value is -0.780. The molecule has 0 bridgehead atoms. The Labute approximate surface area is 128 Å². The summed E-state index contributed by atoms with van der Waals surface area (Å²) in [4.78, 5) is 14.3. The average Bonchev–Trinajstić information content (AvgIpc) is 2.41. The van der Waals surface area contributed by atoms with E-state index in [1.54, 1.807) is 18.2 Å². The first kappa shape index (κ1) is 14.6. The normalized spacial score (nSPS) is 23.1. The molecule has 0 aliphatic heterocycles. The van der Waals surface area contributed by atoms with Gasteiger partial charge in [0, 0.05) is 18.7 Å². The zero-order chi connectivity index (χ0) is 14.0. The van der Waals surface area contributed by atoms with E-state index in [2.05, 4.69) is 29.5 Å². The minimum Gasteiger partial charge on any atom is -0.507 e. The lowest BCUT2D eigenvalue weighted by molar-refractivity contribution is 0.0628. The van der Waals surface area contributed by atoms with Gasteiger partial charge in [-0.25, -0.2) is 0 Å². The molecule has 1 aromatic carbocycles. The number of carbonyl (C=O) groups excluding carboxylic acids is 1. The van der Waals surface area contributed by atoms with Crippen molar-refractivity contribution in [3.05, 3.63) is 27.3 Å². The molecule has 1 aliphatic carbocycles. The van der Waals surface area contributed by atoms with Crippen molar-refractivity contribution in [3.8, 4) is 5.75 Å². The number of hydrogen-bond acceptors (Lipinski definition) is 2. The van der Waals surface area contributed by atoms with Gasteiger partial charge in [0.15, 0.2) is 0 Å². The van der Waals surface area contributed by atoms with Crippen LogP contribution in [0.5, 0.6) is 5.75 Å². The SMILES string of the molecule is CC1CCCCC1N(C)C(=O)c1ccc(I)c(O)c1. The third kappa shape index (κ3) is 3.22. The molecule has 104 valence electrons. The van der Waals surface area contributed by atoms with Gasteiger partial charge in [0.05, 0.1) is 3.57 Å². The van der Waals surface area contributed by atoms with Crippen LogP contribution in [0.25, 0.3) is 0 Å². The molecule has 3 nitrogen and oxygen atoms in total. The predicted octanol–water partition coefficient (Wildman–Crippen LogP) is 3.65. The summed E-state index contributed by atoms with van der Waals surface area (Å²) in [7, 11) is 1.88. The molecule has 2 rings (SSSR count). The Bertz CT molecular complexity index is 475. The number of phenols is 1. The fourth-order valence-electron chi connectivity index (χ4n) is 2.87. The van der Waals surface area contributed by atoms with E-state index < -0.39 is 0 Å². The van der Waals surface area contributed by atoms with Crippen LogP contribution in [0, 0.1) is 9.49 Å². The molecule has 0 saturated heterocycles. The second kappa shape index (κ2) is 6.11. The van der Waals surface area contributed by atoms with Gasteiger partial charge in [0.25, 0.3) is 5.91 Å². The molecule has 0 radical (unpaired) electrons. The number of aromatic hydroxyl groups is 1. The van der Waals surface area contributed by atoms with Gasteiger partial charge in [0.1, 0.15) is 5.75 Å². The molecule has 1 aromatic rings. The number of nitrogens with zero attached hydrogens (tertiary/aromatic N) is 1. The highest BCUT2D eigenvalue weighted by Gasteiger charge is 2.28. The summed E-state index contributed by atoms with van der Waals surface area (Å²) in [6.45, 7) is 2.22. The van der Waals surface area contributed by atoms with E-state index >= 15 is 0 Å². The summed E-state index contributed by atoms with van der Waals surface area (Å²) in [5.74, 6) is 0.738. The third-order valence-corrected chi connectivity index (χ3v) is 4.99. The van der Waals surface area contributed by atoms with Crippen LogP contribution in [0.15, 0.2) is 18.2 Å². The minimum atomic E-state index is 0.00505. The number of rotatable bonds is 2. The zero-order valence-corrected chi connectivity index (χ0v) is 13.6. The molecule has 0 heterocycles. The first-order valence-corrected chi connectivity index (χ1v) is 7.84. The third-order valence-electron chi connectivity index (χ3n) is 4.08. The molecule has 2 unspecified atom stereocenters. The van der Waals surface area contributed by atoms with Crippen molar-refractivity contribution in [1.82, 2.24) is 4.90 Å². The quantitative estimate of drug-likeness (QED) is 0.805. The maximum absolute atomic E-state index is 12.5. The van der Waals surface area contributed by atoms with Crippen LogP contribution in [0.1, 0.15) is 43.0 Å². The zero-order valence-electron chi connectivity index (χ0n) is 11.4. The first-order chi connectivity index (χ1) is 9.00. The van der Waals surface area contributed by atoms with E-state index in [-0.39, 0.29) is 11.7 Å². The highest BCUT2D eigenvalue weighted by atomic mass is 127. The summed E-state index contributed by atoms with van der Waals surface area (Å²) in [5.41, 5.74) is 0.568. The van der Waals surface area contributed by atoms with Crippen LogP contribution >= 0.6 is 22.6 Å². The van der Waals surface area contributed by atoms with Crippen molar-refractivity contribution < 1.29 is 9.90 Å². The molecule has 0 aromatic heterocycles. The smallest absolute Gasteiger partial charge is 0.253 e. The Morgan fingerprint density at radius 3 is 2.68 bits per heavy atom. The van der Waals surface area contributed by atoms with Gasteiger partial charge in [0.2, 0.25) is 0 Å². The van der Waals surface area contributed by atoms with Crippen LogP contribution < -0.4 is 0 Å². The predicted molar refractivity (Wildman–Crippen MR) is 84.3 cm³/mol. The Morgan fingerprint density at radius 2 is 2.05 bits per heavy atom. The van der Waals surface area contributed by atoms with Gasteiger partial charge in [-0.05, 0) is 59.5 Å². The number of hydrogen-bond donors (Lipinski definition) is 1. The Kier molecular flexibility index (Phi) is 4.71. The van der Waals surface area contributed by atoms with Crippen molar-refractivity contribution in [2.24, 2.45) is 5.92 Å². The molecule has 4 heteroatoms. The molecule has 1 saturated carbocycles. The van der Waals surface area contributed by atoms with Crippen molar-refractivity contribution in [2.75, 3.05) is 7.05 Å². The van der Waals surface area contributed by atoms with Crippen molar-refractivity contribution >= 4 is 28.5 Å². The fourth-order valence-corrected chi connectivity index (χ4v) is 3.21. The van der Waals surface area contributed by atoms with E-state index in [0.29, 0.717) is 17.5 Å². The first-order valence-electron chi connectivity index (χ1n) is 6.76. The number of phenolic OH excluding ortho intramolecular Hbond substituents is 1. The molecule has 1 aliphatic rings. The second-order valence-electron chi connectivity index (χ2n) is 5.41. The van der Waals surface area contributed by atoms with E-state index in [9.17, 15) is 9.90 Å². The molecule has 1 amide bonds. The van der Waals surface area contributed by atoms with Crippen molar-refractivity contribution in [1.29, 1.82) is 0 Å². The van der Waals surface area contributed by atoms with Gasteiger partial charge in [-0.1, -0.05) is 19.8 Å². The molecule has 0 spiro atoms. The minimum absolute atomic E-state index is 0.00505. The van der Waals surface area contributed by atoms with Crippen LogP contribution in [-0.4, -0.2) is 29.0 Å². The summed E-state index contributed by atoms with van der Waals surface area (Å²) in [6, 6.07) is 5.45. The van der Waals surface area contributed by atoms with Crippen LogP contribution in [0.3, 0.4) is 0 Å². The standard InChI is InChI=1S/C15H20INO2/c1-10-5-3-4-6-13(10)17(2)15(19)11-7-8-12(16)14(18)9-11/h7-10,13,18H,3-6H2,1-2H3. The lowest BCUT2D eigenvalue weighted by Gasteiger charge is -2.36. The average molecular weight is 373 g/mol. The van der Waals surface area contributed by atoms with E-state index in [1.807, 2.05) is 11.9 Å². The van der Waals surface area contributed by atoms with Crippen LogP contribution in [0.4, 0.5) is 0 Å². The molecule has 19 heavy (non-hydrogen) atoms. The maximum atomic E-state index is 12.5. The lowest BCUT2D eigenvalue weighted by atomic mass is 9.85. The number of benzene rings is 1. The Balaban J connectivity index is 2.15. The largest absolute Gasteiger partial charge is 0.507 e. The van der Waals surface area contributed by atoms with Crippen LogP contribution in [0.2, 0.25) is 0 Å². The fraction of sp³-hybridized carbons (Fsp3) is 0.533. The molecule has 1 N–H and O–H groups in total. The maximum Gasteiger partial charge on any atom is 0.253 e. The van der Waals surface area contributed by atoms with Gasteiger partial charge in [-0.15, -0.1) is 0 Å². The van der Waals surface area contributed by atoms with Crippen molar-refractivity contribution in [3.63, 3.8) is 0 Å². The van der Waals surface area contributed by atoms with Gasteiger partial charge >= 0.3 is 0 Å². The Morgan fingerprint density at radius 1 is 1.37 bits per heavy atom. The highest BCUT2D eigenvalue weighted by molar-refractivity contribution is 14.1.